The fraction of sp³-hybridized carbons (Fsp3) is 0.917. The van der Waals surface area contributed by atoms with Gasteiger partial charge in [0.05, 0.1) is 5.25 Å². The molecule has 1 aliphatic rings. The summed E-state index contributed by atoms with van der Waals surface area (Å²) in [7, 11) is -3.03. The topological polar surface area (TPSA) is 83.5 Å². The third kappa shape index (κ3) is 3.68. The molecule has 6 heteroatoms. The van der Waals surface area contributed by atoms with Crippen LogP contribution in [0.4, 0.5) is 0 Å². The highest BCUT2D eigenvalue weighted by Gasteiger charge is 2.36. The van der Waals surface area contributed by atoms with Crippen molar-refractivity contribution >= 4 is 15.8 Å². The van der Waals surface area contributed by atoms with Gasteiger partial charge in [-0.25, -0.2) is 8.42 Å². The number of carbonyl (C=O) groups is 1. The fourth-order valence-corrected chi connectivity index (χ4v) is 3.61. The van der Waals surface area contributed by atoms with Crippen LogP contribution in [-0.2, 0) is 14.6 Å². The Morgan fingerprint density at radius 2 is 2.06 bits per heavy atom. The van der Waals surface area contributed by atoms with Gasteiger partial charge in [-0.1, -0.05) is 13.3 Å². The van der Waals surface area contributed by atoms with E-state index in [4.69, 9.17) is 0 Å². The van der Waals surface area contributed by atoms with Crippen LogP contribution >= 0.6 is 0 Å². The number of hydrogen-bond donors (Lipinski definition) is 2. The minimum atomic E-state index is -3.03. The predicted octanol–water partition coefficient (Wildman–Crippen LogP) is 1.19. The number of carboxylic acids is 1. The Labute approximate surface area is 109 Å². The van der Waals surface area contributed by atoms with Crippen molar-refractivity contribution in [1.29, 1.82) is 0 Å². The van der Waals surface area contributed by atoms with Gasteiger partial charge in [0, 0.05) is 12.3 Å². The quantitative estimate of drug-likeness (QED) is 0.788. The Kier molecular flexibility index (Phi) is 4.78. The van der Waals surface area contributed by atoms with Crippen molar-refractivity contribution in [2.75, 3.05) is 6.26 Å². The first-order valence-electron chi connectivity index (χ1n) is 6.39. The summed E-state index contributed by atoms with van der Waals surface area (Å²) in [6.45, 7) is 3.47. The molecule has 3 atom stereocenters. The third-order valence-corrected chi connectivity index (χ3v) is 5.57. The van der Waals surface area contributed by atoms with E-state index in [2.05, 4.69) is 5.32 Å². The SMILES string of the molecule is CCC(C)(NC1CCCC(S(C)(=O)=O)C1)C(=O)O. The third-order valence-electron chi connectivity index (χ3n) is 3.93. The molecule has 0 amide bonds. The number of aliphatic carboxylic acids is 1. The number of sulfone groups is 1. The summed E-state index contributed by atoms with van der Waals surface area (Å²) in [4.78, 5) is 11.2. The molecule has 0 aromatic carbocycles. The van der Waals surface area contributed by atoms with Crippen molar-refractivity contribution < 1.29 is 18.3 Å². The molecule has 0 radical (unpaired) electrons. The van der Waals surface area contributed by atoms with Crippen molar-refractivity contribution in [2.45, 2.75) is 62.8 Å². The molecule has 0 saturated heterocycles. The largest absolute Gasteiger partial charge is 0.480 e. The number of hydrogen-bond acceptors (Lipinski definition) is 4. The molecule has 5 nitrogen and oxygen atoms in total. The van der Waals surface area contributed by atoms with Gasteiger partial charge in [-0.15, -0.1) is 0 Å². The van der Waals surface area contributed by atoms with E-state index in [0.717, 1.165) is 12.8 Å². The Bertz CT molecular complexity index is 406. The van der Waals surface area contributed by atoms with Crippen LogP contribution in [0.1, 0.15) is 46.0 Å². The molecule has 3 unspecified atom stereocenters. The van der Waals surface area contributed by atoms with E-state index in [1.165, 1.54) is 6.26 Å². The minimum absolute atomic E-state index is 0.0282. The van der Waals surface area contributed by atoms with E-state index < -0.39 is 21.3 Å². The van der Waals surface area contributed by atoms with Crippen LogP contribution < -0.4 is 5.32 Å². The molecule has 1 fully saturated rings. The van der Waals surface area contributed by atoms with Gasteiger partial charge < -0.3 is 5.11 Å². The second kappa shape index (κ2) is 5.57. The number of carboxylic acid groups (broad SMARTS) is 1. The van der Waals surface area contributed by atoms with Crippen LogP contribution in [0.5, 0.6) is 0 Å². The number of rotatable bonds is 5. The Morgan fingerprint density at radius 3 is 2.50 bits per heavy atom. The van der Waals surface area contributed by atoms with E-state index >= 15 is 0 Å². The molecule has 1 rings (SSSR count). The van der Waals surface area contributed by atoms with Crippen LogP contribution in [0.25, 0.3) is 0 Å². The second-order valence-electron chi connectivity index (χ2n) is 5.45. The average molecular weight is 277 g/mol. The molecule has 0 bridgehead atoms. The maximum absolute atomic E-state index is 11.6. The maximum Gasteiger partial charge on any atom is 0.323 e. The molecule has 18 heavy (non-hydrogen) atoms. The Morgan fingerprint density at radius 1 is 1.44 bits per heavy atom. The van der Waals surface area contributed by atoms with Gasteiger partial charge in [0.25, 0.3) is 0 Å². The molecule has 0 aliphatic heterocycles. The minimum Gasteiger partial charge on any atom is -0.480 e. The molecule has 1 saturated carbocycles. The normalized spacial score (nSPS) is 28.6. The predicted molar refractivity (Wildman–Crippen MR) is 70.4 cm³/mol. The van der Waals surface area contributed by atoms with Crippen molar-refractivity contribution in [3.05, 3.63) is 0 Å². The lowest BCUT2D eigenvalue weighted by molar-refractivity contribution is -0.144. The van der Waals surface area contributed by atoms with Gasteiger partial charge in [-0.3, -0.25) is 10.1 Å². The first-order chi connectivity index (χ1) is 8.19. The zero-order valence-corrected chi connectivity index (χ0v) is 12.1. The summed E-state index contributed by atoms with van der Waals surface area (Å²) < 4.78 is 23.1. The van der Waals surface area contributed by atoms with E-state index in [-0.39, 0.29) is 11.3 Å². The lowest BCUT2D eigenvalue weighted by atomic mass is 9.90. The monoisotopic (exact) mass is 277 g/mol. The van der Waals surface area contributed by atoms with Crippen LogP contribution in [0.2, 0.25) is 0 Å². The summed E-state index contributed by atoms with van der Waals surface area (Å²) in [6.07, 6.45) is 4.61. The first-order valence-corrected chi connectivity index (χ1v) is 8.34. The molecule has 0 heterocycles. The van der Waals surface area contributed by atoms with Gasteiger partial charge in [-0.2, -0.15) is 0 Å². The van der Waals surface area contributed by atoms with Gasteiger partial charge in [0.1, 0.15) is 15.4 Å². The Hall–Kier alpha value is -0.620. The fourth-order valence-electron chi connectivity index (χ4n) is 2.43. The summed E-state index contributed by atoms with van der Waals surface area (Å²) in [5, 5.41) is 12.0. The van der Waals surface area contributed by atoms with Crippen LogP contribution in [0.15, 0.2) is 0 Å². The summed E-state index contributed by atoms with van der Waals surface area (Å²) in [5.41, 5.74) is -0.968. The molecular formula is C12H23NO4S. The van der Waals surface area contributed by atoms with Gasteiger partial charge in [0.2, 0.25) is 0 Å². The lowest BCUT2D eigenvalue weighted by Crippen LogP contribution is -2.55. The Balaban J connectivity index is 2.71. The zero-order chi connectivity index (χ0) is 14.0. The maximum atomic E-state index is 11.6. The summed E-state index contributed by atoms with van der Waals surface area (Å²) in [5.74, 6) is -0.883. The van der Waals surface area contributed by atoms with Crippen molar-refractivity contribution in [3.8, 4) is 0 Å². The first kappa shape index (κ1) is 15.4. The molecule has 1 aliphatic carbocycles. The lowest BCUT2D eigenvalue weighted by Gasteiger charge is -2.35. The van der Waals surface area contributed by atoms with E-state index in [1.807, 2.05) is 6.92 Å². The standard InChI is InChI=1S/C12H23NO4S/c1-4-12(2,11(14)15)13-9-6-5-7-10(8-9)18(3,16)17/h9-10,13H,4-8H2,1-3H3,(H,14,15). The van der Waals surface area contributed by atoms with Crippen LogP contribution in [0.3, 0.4) is 0 Å². The van der Waals surface area contributed by atoms with E-state index in [0.29, 0.717) is 19.3 Å². The highest BCUT2D eigenvalue weighted by Crippen LogP contribution is 2.26. The second-order valence-corrected chi connectivity index (χ2v) is 7.78. The van der Waals surface area contributed by atoms with Crippen LogP contribution in [0, 0.1) is 0 Å². The zero-order valence-electron chi connectivity index (χ0n) is 11.3. The average Bonchev–Trinajstić information content (AvgIpc) is 2.28. The van der Waals surface area contributed by atoms with E-state index in [9.17, 15) is 18.3 Å². The summed E-state index contributed by atoms with van der Waals surface area (Å²) >= 11 is 0. The van der Waals surface area contributed by atoms with Gasteiger partial charge >= 0.3 is 5.97 Å². The van der Waals surface area contributed by atoms with E-state index in [1.54, 1.807) is 6.92 Å². The van der Waals surface area contributed by atoms with Crippen molar-refractivity contribution in [1.82, 2.24) is 5.32 Å². The molecule has 0 aromatic heterocycles. The van der Waals surface area contributed by atoms with Gasteiger partial charge in [-0.05, 0) is 32.6 Å². The molecule has 0 spiro atoms. The smallest absolute Gasteiger partial charge is 0.323 e. The summed E-state index contributed by atoms with van der Waals surface area (Å²) in [6, 6.07) is -0.0282. The molecule has 2 N–H and O–H groups in total. The van der Waals surface area contributed by atoms with Crippen molar-refractivity contribution in [3.63, 3.8) is 0 Å². The van der Waals surface area contributed by atoms with Crippen molar-refractivity contribution in [2.24, 2.45) is 0 Å². The van der Waals surface area contributed by atoms with Crippen LogP contribution in [-0.4, -0.2) is 42.6 Å². The highest BCUT2D eigenvalue weighted by molar-refractivity contribution is 7.91. The molecule has 0 aromatic rings. The molecule has 106 valence electrons. The van der Waals surface area contributed by atoms with Gasteiger partial charge in [0.15, 0.2) is 0 Å². The highest BCUT2D eigenvalue weighted by atomic mass is 32.2. The number of nitrogens with one attached hydrogen (secondary N) is 1. The molecular weight excluding hydrogens is 254 g/mol.